The quantitative estimate of drug-likeness (QED) is 0.697. The highest BCUT2D eigenvalue weighted by Gasteiger charge is 2.34. The van der Waals surface area contributed by atoms with E-state index in [1.807, 2.05) is 6.92 Å². The number of nitrogens with zero attached hydrogens (tertiary/aromatic N) is 2. The first-order valence-electron chi connectivity index (χ1n) is 6.13. The number of β-amino-alcohol motifs (C(OH)–C–C–N with tert-alkyl or cyclic N) is 1. The summed E-state index contributed by atoms with van der Waals surface area (Å²) in [6, 6.07) is 0. The summed E-state index contributed by atoms with van der Waals surface area (Å²) in [6.07, 6.45) is 0.675. The van der Waals surface area contributed by atoms with Gasteiger partial charge in [0.25, 0.3) is 5.91 Å². The van der Waals surface area contributed by atoms with Crippen molar-refractivity contribution in [3.05, 3.63) is 17.0 Å². The Bertz CT molecular complexity index is 429. The zero-order chi connectivity index (χ0) is 13.3. The van der Waals surface area contributed by atoms with E-state index in [-0.39, 0.29) is 5.91 Å². The molecule has 1 fully saturated rings. The van der Waals surface area contributed by atoms with Crippen LogP contribution in [0.1, 0.15) is 28.2 Å². The molecule has 0 spiro atoms. The number of aromatic amines is 1. The highest BCUT2D eigenvalue weighted by molar-refractivity contribution is 5.96. The Morgan fingerprint density at radius 3 is 2.78 bits per heavy atom. The van der Waals surface area contributed by atoms with Crippen molar-refractivity contribution >= 4 is 5.91 Å². The van der Waals surface area contributed by atoms with E-state index in [4.69, 9.17) is 0 Å². The summed E-state index contributed by atoms with van der Waals surface area (Å²) in [5, 5.41) is 20.2. The lowest BCUT2D eigenvalue weighted by molar-refractivity contribution is 0.0252. The molecule has 2 rings (SSSR count). The first-order valence-corrected chi connectivity index (χ1v) is 6.13. The van der Waals surface area contributed by atoms with Gasteiger partial charge in [-0.05, 0) is 26.8 Å². The minimum atomic E-state index is -0.810. The molecule has 6 heteroatoms. The zero-order valence-corrected chi connectivity index (χ0v) is 11.1. The number of amides is 1. The van der Waals surface area contributed by atoms with Crippen LogP contribution >= 0.6 is 0 Å². The van der Waals surface area contributed by atoms with E-state index in [1.54, 1.807) is 18.9 Å². The molecule has 3 N–H and O–H groups in total. The molecule has 0 aliphatic carbocycles. The average molecular weight is 252 g/mol. The van der Waals surface area contributed by atoms with Crippen molar-refractivity contribution in [1.29, 1.82) is 0 Å². The van der Waals surface area contributed by atoms with Crippen LogP contribution in [0.25, 0.3) is 0 Å². The van der Waals surface area contributed by atoms with E-state index >= 15 is 0 Å². The van der Waals surface area contributed by atoms with Crippen LogP contribution in [-0.4, -0.2) is 58.4 Å². The Kier molecular flexibility index (Phi) is 3.41. The molecule has 0 bridgehead atoms. The zero-order valence-electron chi connectivity index (χ0n) is 11.1. The number of aromatic nitrogens is 2. The van der Waals surface area contributed by atoms with Gasteiger partial charge in [-0.15, -0.1) is 0 Å². The number of carbonyl (C=O) groups excluding carboxylic acids is 1. The summed E-state index contributed by atoms with van der Waals surface area (Å²) in [5.41, 5.74) is 1.25. The first-order chi connectivity index (χ1) is 8.43. The van der Waals surface area contributed by atoms with Gasteiger partial charge in [-0.1, -0.05) is 0 Å². The molecule has 6 nitrogen and oxygen atoms in total. The van der Waals surface area contributed by atoms with E-state index in [0.29, 0.717) is 30.8 Å². The molecule has 1 aromatic heterocycles. The molecule has 1 aromatic rings. The van der Waals surface area contributed by atoms with Crippen LogP contribution in [0.3, 0.4) is 0 Å². The summed E-state index contributed by atoms with van der Waals surface area (Å²) in [6.45, 7) is 5.29. The van der Waals surface area contributed by atoms with Gasteiger partial charge in [0.1, 0.15) is 0 Å². The SMILES string of the molecule is Cc1n[nH]c(C)c1C(=O)N(C)CC1(O)CCNC1. The van der Waals surface area contributed by atoms with Crippen LogP contribution in [0.2, 0.25) is 0 Å². The Balaban J connectivity index is 2.10. The predicted octanol–water partition coefficient (Wildman–Crippen LogP) is -0.177. The topological polar surface area (TPSA) is 81.2 Å². The van der Waals surface area contributed by atoms with Crippen LogP contribution < -0.4 is 5.32 Å². The third-order valence-electron chi connectivity index (χ3n) is 3.44. The van der Waals surface area contributed by atoms with Gasteiger partial charge in [0.15, 0.2) is 0 Å². The molecule has 0 radical (unpaired) electrons. The van der Waals surface area contributed by atoms with Gasteiger partial charge in [-0.25, -0.2) is 0 Å². The lowest BCUT2D eigenvalue weighted by atomic mass is 10.0. The fourth-order valence-electron chi connectivity index (χ4n) is 2.44. The Hall–Kier alpha value is -1.40. The molecule has 1 amide bonds. The number of carbonyl (C=O) groups is 1. The highest BCUT2D eigenvalue weighted by Crippen LogP contribution is 2.18. The number of likely N-dealkylation sites (N-methyl/N-ethyl adjacent to an activating group) is 1. The van der Waals surface area contributed by atoms with Crippen molar-refractivity contribution in [1.82, 2.24) is 20.4 Å². The molecule has 1 unspecified atom stereocenters. The fourth-order valence-corrected chi connectivity index (χ4v) is 2.44. The summed E-state index contributed by atoms with van der Waals surface area (Å²) >= 11 is 0. The van der Waals surface area contributed by atoms with E-state index in [1.165, 1.54) is 0 Å². The van der Waals surface area contributed by atoms with Crippen LogP contribution in [-0.2, 0) is 0 Å². The minimum Gasteiger partial charge on any atom is -0.387 e. The second-order valence-electron chi connectivity index (χ2n) is 5.12. The maximum Gasteiger partial charge on any atom is 0.257 e. The summed E-state index contributed by atoms with van der Waals surface area (Å²) in [5.74, 6) is -0.0981. The molecule has 1 aliphatic rings. The molecule has 1 aliphatic heterocycles. The Morgan fingerprint density at radius 1 is 1.56 bits per heavy atom. The third-order valence-corrected chi connectivity index (χ3v) is 3.44. The largest absolute Gasteiger partial charge is 0.387 e. The number of hydrogen-bond acceptors (Lipinski definition) is 4. The van der Waals surface area contributed by atoms with Crippen molar-refractivity contribution < 1.29 is 9.90 Å². The Morgan fingerprint density at radius 2 is 2.28 bits per heavy atom. The lowest BCUT2D eigenvalue weighted by Crippen LogP contribution is -2.45. The van der Waals surface area contributed by atoms with E-state index < -0.39 is 5.60 Å². The molecular formula is C12H20N4O2. The standard InChI is InChI=1S/C12H20N4O2/c1-8-10(9(2)15-14-8)11(17)16(3)7-12(18)4-5-13-6-12/h13,18H,4-7H2,1-3H3,(H,14,15). The second-order valence-corrected chi connectivity index (χ2v) is 5.12. The van der Waals surface area contributed by atoms with Gasteiger partial charge >= 0.3 is 0 Å². The second kappa shape index (κ2) is 4.70. The van der Waals surface area contributed by atoms with Crippen molar-refractivity contribution in [2.24, 2.45) is 0 Å². The fraction of sp³-hybridized carbons (Fsp3) is 0.667. The van der Waals surface area contributed by atoms with Gasteiger partial charge in [0.2, 0.25) is 0 Å². The minimum absolute atomic E-state index is 0.0981. The van der Waals surface area contributed by atoms with Gasteiger partial charge < -0.3 is 15.3 Å². The maximum atomic E-state index is 12.3. The number of hydrogen-bond donors (Lipinski definition) is 3. The predicted molar refractivity (Wildman–Crippen MR) is 67.5 cm³/mol. The van der Waals surface area contributed by atoms with Crippen LogP contribution in [0, 0.1) is 13.8 Å². The van der Waals surface area contributed by atoms with Crippen LogP contribution in [0.4, 0.5) is 0 Å². The van der Waals surface area contributed by atoms with Gasteiger partial charge in [0.05, 0.1) is 23.4 Å². The third kappa shape index (κ3) is 2.39. The summed E-state index contributed by atoms with van der Waals surface area (Å²) in [4.78, 5) is 13.9. The van der Waals surface area contributed by atoms with E-state index in [2.05, 4.69) is 15.5 Å². The summed E-state index contributed by atoms with van der Waals surface area (Å²) < 4.78 is 0. The smallest absolute Gasteiger partial charge is 0.257 e. The molecule has 0 saturated carbocycles. The average Bonchev–Trinajstić information content (AvgIpc) is 2.85. The molecule has 2 heterocycles. The molecular weight excluding hydrogens is 232 g/mol. The van der Waals surface area contributed by atoms with E-state index in [0.717, 1.165) is 12.2 Å². The molecule has 0 aromatic carbocycles. The molecule has 100 valence electrons. The number of H-pyrrole nitrogens is 1. The van der Waals surface area contributed by atoms with Gasteiger partial charge in [-0.3, -0.25) is 9.89 Å². The molecule has 18 heavy (non-hydrogen) atoms. The number of aliphatic hydroxyl groups is 1. The number of aryl methyl sites for hydroxylation is 2. The summed E-state index contributed by atoms with van der Waals surface area (Å²) in [7, 11) is 1.71. The lowest BCUT2D eigenvalue weighted by Gasteiger charge is -2.28. The molecule has 1 saturated heterocycles. The highest BCUT2D eigenvalue weighted by atomic mass is 16.3. The first kappa shape index (κ1) is 13.0. The van der Waals surface area contributed by atoms with Crippen molar-refractivity contribution in [2.75, 3.05) is 26.7 Å². The van der Waals surface area contributed by atoms with Crippen LogP contribution in [0.5, 0.6) is 0 Å². The Labute approximate surface area is 106 Å². The van der Waals surface area contributed by atoms with Crippen molar-refractivity contribution in [3.8, 4) is 0 Å². The molecule has 1 atom stereocenters. The van der Waals surface area contributed by atoms with Crippen molar-refractivity contribution in [2.45, 2.75) is 25.9 Å². The normalized spacial score (nSPS) is 23.3. The van der Waals surface area contributed by atoms with Crippen LogP contribution in [0.15, 0.2) is 0 Å². The number of rotatable bonds is 3. The number of nitrogens with one attached hydrogen (secondary N) is 2. The van der Waals surface area contributed by atoms with Crippen molar-refractivity contribution in [3.63, 3.8) is 0 Å². The maximum absolute atomic E-state index is 12.3. The van der Waals surface area contributed by atoms with Gasteiger partial charge in [-0.2, -0.15) is 5.10 Å². The monoisotopic (exact) mass is 252 g/mol. The van der Waals surface area contributed by atoms with Gasteiger partial charge in [0, 0.05) is 19.3 Å². The van der Waals surface area contributed by atoms with E-state index in [9.17, 15) is 9.90 Å².